The second-order valence-electron chi connectivity index (χ2n) is 5.74. The first-order chi connectivity index (χ1) is 10.1. The third-order valence-electron chi connectivity index (χ3n) is 3.99. The summed E-state index contributed by atoms with van der Waals surface area (Å²) in [4.78, 5) is 8.09. The molecule has 2 N–H and O–H groups in total. The molecule has 0 spiro atoms. The van der Waals surface area contributed by atoms with Crippen LogP contribution in [0, 0.1) is 0 Å². The van der Waals surface area contributed by atoms with Crippen molar-refractivity contribution in [3.05, 3.63) is 51.7 Å². The normalized spacial score (nSPS) is 16.2. The highest BCUT2D eigenvalue weighted by atomic mass is 32.1. The quantitative estimate of drug-likeness (QED) is 0.695. The molecule has 0 unspecified atom stereocenters. The Bertz CT molecular complexity index is 644. The number of nitrogens with two attached hydrogens (primary N) is 1. The highest BCUT2D eigenvalue weighted by Gasteiger charge is 2.18. The predicted molar refractivity (Wildman–Crippen MR) is 90.4 cm³/mol. The predicted octanol–water partition coefficient (Wildman–Crippen LogP) is 3.55. The Morgan fingerprint density at radius 1 is 1.29 bits per heavy atom. The van der Waals surface area contributed by atoms with Crippen LogP contribution in [0.3, 0.4) is 0 Å². The lowest BCUT2D eigenvalue weighted by molar-refractivity contribution is 0.203. The van der Waals surface area contributed by atoms with E-state index >= 15 is 0 Å². The fourth-order valence-electron chi connectivity index (χ4n) is 2.69. The van der Waals surface area contributed by atoms with E-state index in [9.17, 15) is 0 Å². The van der Waals surface area contributed by atoms with E-state index in [1.807, 2.05) is 17.5 Å². The van der Waals surface area contributed by atoms with Crippen molar-refractivity contribution in [3.8, 4) is 0 Å². The van der Waals surface area contributed by atoms with E-state index in [1.54, 1.807) is 11.3 Å². The maximum absolute atomic E-state index is 6.07. The van der Waals surface area contributed by atoms with Crippen molar-refractivity contribution in [2.75, 3.05) is 6.54 Å². The maximum atomic E-state index is 6.07. The number of nitrogens with zero attached hydrogens (tertiary/aromatic N) is 2. The summed E-state index contributed by atoms with van der Waals surface area (Å²) in [6.07, 6.45) is 1.12. The van der Waals surface area contributed by atoms with Gasteiger partial charge in [-0.05, 0) is 55.0 Å². The van der Waals surface area contributed by atoms with Crippen LogP contribution in [-0.2, 0) is 13.0 Å². The molecule has 1 aromatic heterocycles. The minimum atomic E-state index is 0.585. The van der Waals surface area contributed by atoms with E-state index < -0.39 is 0 Å². The molecule has 0 atom stereocenters. The molecule has 2 heterocycles. The first-order valence-corrected chi connectivity index (χ1v) is 8.25. The second kappa shape index (κ2) is 6.00. The van der Waals surface area contributed by atoms with Crippen LogP contribution >= 0.6 is 11.3 Å². The van der Waals surface area contributed by atoms with Gasteiger partial charge in [-0.15, -0.1) is 11.3 Å². The van der Waals surface area contributed by atoms with E-state index in [1.165, 1.54) is 11.1 Å². The van der Waals surface area contributed by atoms with Gasteiger partial charge in [0, 0.05) is 19.1 Å². The summed E-state index contributed by atoms with van der Waals surface area (Å²) in [6.45, 7) is 6.66. The number of hydrogen-bond acceptors (Lipinski definition) is 3. The smallest absolute Gasteiger partial charge is 0.141 e. The van der Waals surface area contributed by atoms with Gasteiger partial charge in [0.15, 0.2) is 0 Å². The molecular weight excluding hydrogens is 278 g/mol. The zero-order chi connectivity index (χ0) is 14.8. The summed E-state index contributed by atoms with van der Waals surface area (Å²) in [5, 5.41) is 2.02. The minimum absolute atomic E-state index is 0.585. The molecule has 3 nitrogen and oxygen atoms in total. The van der Waals surface area contributed by atoms with Crippen LogP contribution in [0.5, 0.6) is 0 Å². The topological polar surface area (TPSA) is 41.6 Å². The molecule has 0 bridgehead atoms. The molecule has 0 saturated carbocycles. The van der Waals surface area contributed by atoms with Gasteiger partial charge in [0.1, 0.15) is 5.84 Å². The van der Waals surface area contributed by atoms with Crippen LogP contribution in [0.25, 0.3) is 0 Å². The Morgan fingerprint density at radius 2 is 2.14 bits per heavy atom. The van der Waals surface area contributed by atoms with Gasteiger partial charge in [0.05, 0.1) is 10.6 Å². The Hall–Kier alpha value is -1.65. The zero-order valence-electron chi connectivity index (χ0n) is 12.5. The van der Waals surface area contributed by atoms with E-state index in [4.69, 9.17) is 5.73 Å². The van der Waals surface area contributed by atoms with Crippen LogP contribution < -0.4 is 5.73 Å². The van der Waals surface area contributed by atoms with Crippen molar-refractivity contribution < 1.29 is 0 Å². The van der Waals surface area contributed by atoms with Gasteiger partial charge in [-0.2, -0.15) is 0 Å². The summed E-state index contributed by atoms with van der Waals surface area (Å²) in [5.74, 6) is 0.599. The third-order valence-corrected chi connectivity index (χ3v) is 4.88. The molecule has 0 radical (unpaired) electrons. The first-order valence-electron chi connectivity index (χ1n) is 7.37. The first kappa shape index (κ1) is 14.3. The summed E-state index contributed by atoms with van der Waals surface area (Å²) < 4.78 is 0. The lowest BCUT2D eigenvalue weighted by Crippen LogP contribution is -2.35. The monoisotopic (exact) mass is 299 g/mol. The van der Waals surface area contributed by atoms with E-state index in [0.29, 0.717) is 11.9 Å². The summed E-state index contributed by atoms with van der Waals surface area (Å²) in [7, 11) is 0. The fourth-order valence-corrected chi connectivity index (χ4v) is 3.32. The summed E-state index contributed by atoms with van der Waals surface area (Å²) in [6, 6.07) is 11.0. The molecule has 0 amide bonds. The molecule has 0 saturated heterocycles. The van der Waals surface area contributed by atoms with Crippen molar-refractivity contribution in [2.45, 2.75) is 32.9 Å². The number of hydrogen-bond donors (Lipinski definition) is 1. The van der Waals surface area contributed by atoms with Crippen molar-refractivity contribution in [1.29, 1.82) is 0 Å². The molecule has 2 aromatic rings. The Kier molecular flexibility index (Phi) is 4.08. The van der Waals surface area contributed by atoms with E-state index in [0.717, 1.165) is 30.1 Å². The third kappa shape index (κ3) is 3.17. The lowest BCUT2D eigenvalue weighted by atomic mass is 9.98. The Morgan fingerprint density at radius 3 is 2.86 bits per heavy atom. The number of aliphatic imine (C=N–C) groups is 1. The maximum Gasteiger partial charge on any atom is 0.141 e. The molecular formula is C17H21N3S. The molecule has 4 heteroatoms. The second-order valence-corrected chi connectivity index (χ2v) is 6.69. The molecule has 21 heavy (non-hydrogen) atoms. The molecule has 1 aromatic carbocycles. The van der Waals surface area contributed by atoms with E-state index in [-0.39, 0.29) is 0 Å². The van der Waals surface area contributed by atoms with Crippen LogP contribution in [-0.4, -0.2) is 23.3 Å². The highest BCUT2D eigenvalue weighted by Crippen LogP contribution is 2.25. The molecule has 1 aliphatic rings. The van der Waals surface area contributed by atoms with Crippen LogP contribution in [0.4, 0.5) is 5.69 Å². The van der Waals surface area contributed by atoms with Gasteiger partial charge in [-0.1, -0.05) is 12.1 Å². The molecule has 3 rings (SSSR count). The lowest BCUT2D eigenvalue weighted by Gasteiger charge is -2.32. The van der Waals surface area contributed by atoms with Crippen LogP contribution in [0.2, 0.25) is 0 Å². The van der Waals surface area contributed by atoms with Crippen molar-refractivity contribution in [2.24, 2.45) is 10.7 Å². The number of benzene rings is 1. The average Bonchev–Trinajstić information content (AvgIpc) is 3.00. The highest BCUT2D eigenvalue weighted by molar-refractivity contribution is 7.12. The average molecular weight is 299 g/mol. The van der Waals surface area contributed by atoms with Gasteiger partial charge in [0.25, 0.3) is 0 Å². The standard InChI is InChI=1S/C17H21N3S/c1-12(2)20-8-7-13-5-6-15(10-14(13)11-20)19-17(18)16-4-3-9-21-16/h3-6,9-10,12H,7-8,11H2,1-2H3,(H2,18,19). The van der Waals surface area contributed by atoms with Crippen LogP contribution in [0.15, 0.2) is 40.7 Å². The van der Waals surface area contributed by atoms with Crippen molar-refractivity contribution >= 4 is 22.9 Å². The number of fused-ring (bicyclic) bond motifs is 1. The SMILES string of the molecule is CC(C)N1CCc2ccc(N=C(N)c3cccs3)cc2C1. The van der Waals surface area contributed by atoms with Crippen molar-refractivity contribution in [1.82, 2.24) is 4.90 Å². The Balaban J connectivity index is 1.86. The number of amidine groups is 1. The minimum Gasteiger partial charge on any atom is -0.383 e. The molecule has 110 valence electrons. The Labute approximate surface area is 130 Å². The van der Waals surface area contributed by atoms with Gasteiger partial charge in [-0.25, -0.2) is 4.99 Å². The summed E-state index contributed by atoms with van der Waals surface area (Å²) in [5.41, 5.74) is 9.85. The number of thiophene rings is 1. The van der Waals surface area contributed by atoms with Gasteiger partial charge in [0.2, 0.25) is 0 Å². The van der Waals surface area contributed by atoms with Gasteiger partial charge < -0.3 is 5.73 Å². The molecule has 1 aliphatic heterocycles. The molecule has 0 aliphatic carbocycles. The zero-order valence-corrected chi connectivity index (χ0v) is 13.4. The molecule has 0 fully saturated rings. The van der Waals surface area contributed by atoms with Crippen LogP contribution in [0.1, 0.15) is 29.9 Å². The fraction of sp³-hybridized carbons (Fsp3) is 0.353. The largest absolute Gasteiger partial charge is 0.383 e. The van der Waals surface area contributed by atoms with Gasteiger partial charge in [-0.3, -0.25) is 4.90 Å². The number of rotatable bonds is 3. The van der Waals surface area contributed by atoms with Gasteiger partial charge >= 0.3 is 0 Å². The van der Waals surface area contributed by atoms with E-state index in [2.05, 4.69) is 41.9 Å². The summed E-state index contributed by atoms with van der Waals surface area (Å²) >= 11 is 1.62. The van der Waals surface area contributed by atoms with Crippen molar-refractivity contribution in [3.63, 3.8) is 0 Å².